The molecule has 0 spiro atoms. The smallest absolute Gasteiger partial charge is 0.225 e. The van der Waals surface area contributed by atoms with Crippen molar-refractivity contribution in [1.82, 2.24) is 14.1 Å². The van der Waals surface area contributed by atoms with Crippen molar-refractivity contribution in [3.05, 3.63) is 0 Å². The third-order valence-corrected chi connectivity index (χ3v) is 8.75. The fraction of sp³-hybridized carbons (Fsp3) is 0.944. The second-order valence-electron chi connectivity index (χ2n) is 8.13. The maximum atomic E-state index is 13.1. The molecule has 7 heteroatoms. The Morgan fingerprint density at radius 1 is 0.960 bits per heavy atom. The average molecular weight is 372 g/mol. The number of nitrogens with zero attached hydrogens (tertiary/aromatic N) is 3. The second-order valence-corrected chi connectivity index (χ2v) is 10.4. The predicted molar refractivity (Wildman–Crippen MR) is 98.8 cm³/mol. The summed E-state index contributed by atoms with van der Waals surface area (Å²) in [7, 11) is 0.473. The van der Waals surface area contributed by atoms with E-state index in [1.165, 1.54) is 0 Å². The first kappa shape index (κ1) is 19.1. The molecule has 2 saturated heterocycles. The highest BCUT2D eigenvalue weighted by Gasteiger charge is 2.39. The lowest BCUT2D eigenvalue weighted by Gasteiger charge is -2.39. The molecule has 6 nitrogen and oxygen atoms in total. The quantitative estimate of drug-likeness (QED) is 0.752. The molecule has 0 unspecified atom stereocenters. The highest BCUT2D eigenvalue weighted by molar-refractivity contribution is 7.89. The average Bonchev–Trinajstić information content (AvgIpc) is 3.16. The normalized spacial score (nSPS) is 28.0. The summed E-state index contributed by atoms with van der Waals surface area (Å²) in [4.78, 5) is 16.8. The molecule has 2 aliphatic heterocycles. The van der Waals surface area contributed by atoms with Crippen LogP contribution in [0.25, 0.3) is 0 Å². The van der Waals surface area contributed by atoms with Crippen molar-refractivity contribution in [1.29, 1.82) is 0 Å². The van der Waals surface area contributed by atoms with Gasteiger partial charge >= 0.3 is 0 Å². The van der Waals surface area contributed by atoms with Gasteiger partial charge < -0.3 is 9.80 Å². The molecular weight excluding hydrogens is 338 g/mol. The standard InChI is InChI=1S/C18H33N3O3S/c1-19-12-9-16(10-13-19)20(2)25(23,24)17-8-5-11-21(14-17)18(22)15-6-3-4-7-15/h15-17H,3-14H2,1-2H3/t17-/m0/s1. The highest BCUT2D eigenvalue weighted by Crippen LogP contribution is 2.29. The Morgan fingerprint density at radius 3 is 2.24 bits per heavy atom. The van der Waals surface area contributed by atoms with Crippen LogP contribution in [0.4, 0.5) is 0 Å². The van der Waals surface area contributed by atoms with Gasteiger partial charge in [0.15, 0.2) is 0 Å². The van der Waals surface area contributed by atoms with Crippen molar-refractivity contribution in [3.63, 3.8) is 0 Å². The predicted octanol–water partition coefficient (Wildman–Crippen LogP) is 1.52. The first-order chi connectivity index (χ1) is 11.9. The molecule has 0 N–H and O–H groups in total. The van der Waals surface area contributed by atoms with E-state index in [4.69, 9.17) is 0 Å². The van der Waals surface area contributed by atoms with E-state index in [2.05, 4.69) is 11.9 Å². The van der Waals surface area contributed by atoms with Gasteiger partial charge in [0.05, 0.1) is 5.25 Å². The Labute approximate surface area is 152 Å². The maximum absolute atomic E-state index is 13.1. The lowest BCUT2D eigenvalue weighted by molar-refractivity contribution is -0.136. The summed E-state index contributed by atoms with van der Waals surface area (Å²) in [5, 5.41) is -0.434. The number of sulfonamides is 1. The van der Waals surface area contributed by atoms with Gasteiger partial charge in [-0.3, -0.25) is 4.79 Å². The van der Waals surface area contributed by atoms with E-state index in [1.807, 2.05) is 4.90 Å². The largest absolute Gasteiger partial charge is 0.341 e. The van der Waals surface area contributed by atoms with Crippen molar-refractivity contribution in [2.45, 2.75) is 62.7 Å². The van der Waals surface area contributed by atoms with Crippen LogP contribution in [-0.2, 0) is 14.8 Å². The van der Waals surface area contributed by atoms with Gasteiger partial charge in [-0.15, -0.1) is 0 Å². The van der Waals surface area contributed by atoms with Gasteiger partial charge in [0.2, 0.25) is 15.9 Å². The fourth-order valence-corrected chi connectivity index (χ4v) is 6.54. The van der Waals surface area contributed by atoms with Gasteiger partial charge in [-0.05, 0) is 58.7 Å². The van der Waals surface area contributed by atoms with Crippen LogP contribution in [0.3, 0.4) is 0 Å². The number of likely N-dealkylation sites (tertiary alicyclic amines) is 2. The van der Waals surface area contributed by atoms with Crippen LogP contribution in [0, 0.1) is 5.92 Å². The second kappa shape index (κ2) is 7.92. The molecule has 3 rings (SSSR count). The Hall–Kier alpha value is -0.660. The lowest BCUT2D eigenvalue weighted by Crippen LogP contribution is -2.53. The number of piperidine rings is 2. The molecule has 3 fully saturated rings. The van der Waals surface area contributed by atoms with Gasteiger partial charge in [-0.1, -0.05) is 12.8 Å². The number of hydrogen-bond acceptors (Lipinski definition) is 4. The van der Waals surface area contributed by atoms with E-state index in [9.17, 15) is 13.2 Å². The SMILES string of the molecule is CN1CCC(N(C)S(=O)(=O)[C@H]2CCCN(C(=O)C3CCCC3)C2)CC1. The van der Waals surface area contributed by atoms with E-state index in [0.29, 0.717) is 13.0 Å². The molecular formula is C18H33N3O3S. The zero-order valence-electron chi connectivity index (χ0n) is 15.7. The third-order valence-electron chi connectivity index (χ3n) is 6.42. The maximum Gasteiger partial charge on any atom is 0.225 e. The minimum Gasteiger partial charge on any atom is -0.341 e. The molecule has 2 heterocycles. The first-order valence-corrected chi connectivity index (χ1v) is 11.3. The zero-order chi connectivity index (χ0) is 18.0. The first-order valence-electron chi connectivity index (χ1n) is 9.84. The van der Waals surface area contributed by atoms with Crippen LogP contribution in [0.2, 0.25) is 0 Å². The van der Waals surface area contributed by atoms with Crippen LogP contribution in [-0.4, -0.2) is 80.0 Å². The summed E-state index contributed by atoms with van der Waals surface area (Å²) < 4.78 is 27.9. The number of carbonyl (C=O) groups excluding carboxylic acids is 1. The summed E-state index contributed by atoms with van der Waals surface area (Å²) in [6.07, 6.45) is 7.46. The van der Waals surface area contributed by atoms with Gasteiger partial charge in [-0.2, -0.15) is 0 Å². The Morgan fingerprint density at radius 2 is 1.60 bits per heavy atom. The van der Waals surface area contributed by atoms with Crippen molar-refractivity contribution in [3.8, 4) is 0 Å². The molecule has 1 aliphatic carbocycles. The Bertz CT molecular complexity index is 566. The molecule has 0 bridgehead atoms. The van der Waals surface area contributed by atoms with Gasteiger partial charge in [0, 0.05) is 32.1 Å². The third kappa shape index (κ3) is 4.19. The molecule has 0 radical (unpaired) electrons. The fourth-order valence-electron chi connectivity index (χ4n) is 4.61. The van der Waals surface area contributed by atoms with Crippen LogP contribution >= 0.6 is 0 Å². The monoisotopic (exact) mass is 371 g/mol. The molecule has 144 valence electrons. The van der Waals surface area contributed by atoms with Crippen LogP contribution in [0.1, 0.15) is 51.4 Å². The van der Waals surface area contributed by atoms with Crippen molar-refractivity contribution in [2.24, 2.45) is 5.92 Å². The molecule has 0 aromatic carbocycles. The van der Waals surface area contributed by atoms with Crippen molar-refractivity contribution in [2.75, 3.05) is 40.3 Å². The number of amides is 1. The molecule has 0 aromatic rings. The number of rotatable bonds is 4. The lowest BCUT2D eigenvalue weighted by atomic mass is 10.0. The van der Waals surface area contributed by atoms with Crippen LogP contribution in [0.5, 0.6) is 0 Å². The van der Waals surface area contributed by atoms with Crippen LogP contribution in [0.15, 0.2) is 0 Å². The summed E-state index contributed by atoms with van der Waals surface area (Å²) in [6.45, 7) is 3.00. The summed E-state index contributed by atoms with van der Waals surface area (Å²) in [5.41, 5.74) is 0. The number of carbonyl (C=O) groups is 1. The summed E-state index contributed by atoms with van der Waals surface area (Å²) in [6, 6.07) is 0.0992. The molecule has 25 heavy (non-hydrogen) atoms. The van der Waals surface area contributed by atoms with Gasteiger partial charge in [0.25, 0.3) is 0 Å². The van der Waals surface area contributed by atoms with Gasteiger partial charge in [0.1, 0.15) is 0 Å². The molecule has 1 amide bonds. The van der Waals surface area contributed by atoms with Gasteiger partial charge in [-0.25, -0.2) is 12.7 Å². The minimum atomic E-state index is -3.35. The van der Waals surface area contributed by atoms with E-state index in [0.717, 1.165) is 64.6 Å². The van der Waals surface area contributed by atoms with E-state index >= 15 is 0 Å². The Balaban J connectivity index is 1.63. The summed E-state index contributed by atoms with van der Waals surface area (Å²) in [5.74, 6) is 0.326. The molecule has 3 aliphatic rings. The van der Waals surface area contributed by atoms with Crippen molar-refractivity contribution >= 4 is 15.9 Å². The zero-order valence-corrected chi connectivity index (χ0v) is 16.5. The highest BCUT2D eigenvalue weighted by atomic mass is 32.2. The topological polar surface area (TPSA) is 60.9 Å². The molecule has 0 aromatic heterocycles. The van der Waals surface area contributed by atoms with Crippen LogP contribution < -0.4 is 0 Å². The molecule has 1 saturated carbocycles. The summed E-state index contributed by atoms with van der Waals surface area (Å²) >= 11 is 0. The van der Waals surface area contributed by atoms with E-state index in [1.54, 1.807) is 11.4 Å². The van der Waals surface area contributed by atoms with Crippen molar-refractivity contribution < 1.29 is 13.2 Å². The number of hydrogen-bond donors (Lipinski definition) is 0. The Kier molecular flexibility index (Phi) is 6.06. The molecule has 1 atom stereocenters. The van der Waals surface area contributed by atoms with E-state index in [-0.39, 0.29) is 17.9 Å². The van der Waals surface area contributed by atoms with E-state index < -0.39 is 15.3 Å². The minimum absolute atomic E-state index is 0.0992.